The van der Waals surface area contributed by atoms with Crippen molar-refractivity contribution in [3.8, 4) is 0 Å². The molecular weight excluding hydrogens is 245 g/mol. The predicted molar refractivity (Wildman–Crippen MR) is 62.5 cm³/mol. The molecule has 18 heavy (non-hydrogen) atoms. The Kier molecular flexibility index (Phi) is 3.77. The van der Waals surface area contributed by atoms with E-state index in [1.807, 2.05) is 4.90 Å². The monoisotopic (exact) mass is 260 g/mol. The average molecular weight is 260 g/mol. The van der Waals surface area contributed by atoms with Crippen molar-refractivity contribution < 1.29 is 17.9 Å². The van der Waals surface area contributed by atoms with E-state index < -0.39 is 11.7 Å². The molecule has 0 spiro atoms. The summed E-state index contributed by atoms with van der Waals surface area (Å²) in [5, 5.41) is 0. The number of nitrogens with two attached hydrogens (primary N) is 1. The largest absolute Gasteiger partial charge is 0.416 e. The van der Waals surface area contributed by atoms with E-state index in [0.717, 1.165) is 17.8 Å². The molecule has 100 valence electrons. The quantitative estimate of drug-likeness (QED) is 0.882. The molecule has 0 aromatic heterocycles. The summed E-state index contributed by atoms with van der Waals surface area (Å²) >= 11 is 0. The Hall–Kier alpha value is -1.27. The molecule has 0 unspecified atom stereocenters. The van der Waals surface area contributed by atoms with Crippen LogP contribution in [0.5, 0.6) is 0 Å². The highest BCUT2D eigenvalue weighted by Crippen LogP contribution is 2.30. The van der Waals surface area contributed by atoms with Crippen LogP contribution in [0.4, 0.5) is 18.9 Å². The molecule has 1 saturated heterocycles. The minimum absolute atomic E-state index is 0.0546. The lowest BCUT2D eigenvalue weighted by Crippen LogP contribution is -2.45. The minimum atomic E-state index is -4.29. The molecule has 1 aliphatic rings. The van der Waals surface area contributed by atoms with Gasteiger partial charge >= 0.3 is 6.18 Å². The summed E-state index contributed by atoms with van der Waals surface area (Å²) in [6, 6.07) is 5.17. The van der Waals surface area contributed by atoms with Gasteiger partial charge in [-0.1, -0.05) is 0 Å². The maximum Gasteiger partial charge on any atom is 0.416 e. The Labute approximate surface area is 103 Å². The molecule has 1 aromatic rings. The average Bonchev–Trinajstić information content (AvgIpc) is 2.38. The van der Waals surface area contributed by atoms with Crippen LogP contribution in [0.3, 0.4) is 0 Å². The molecule has 0 amide bonds. The Morgan fingerprint density at radius 3 is 2.50 bits per heavy atom. The van der Waals surface area contributed by atoms with Gasteiger partial charge < -0.3 is 15.4 Å². The third-order valence-corrected chi connectivity index (χ3v) is 2.96. The molecule has 0 aliphatic carbocycles. The van der Waals surface area contributed by atoms with Gasteiger partial charge in [0.2, 0.25) is 0 Å². The number of benzene rings is 1. The molecule has 1 heterocycles. The second kappa shape index (κ2) is 5.16. The molecular formula is C12H15F3N2O. The standard InChI is InChI=1S/C12H15F3N2O/c13-12(14,15)9-1-3-10(4-2-9)17-5-6-18-11(7-16)8-17/h1-4,11H,5-8,16H2/t11-/m0/s1. The highest BCUT2D eigenvalue weighted by Gasteiger charge is 2.30. The Balaban J connectivity index is 2.09. The molecule has 6 heteroatoms. The normalized spacial score (nSPS) is 21.1. The molecule has 2 rings (SSSR count). The van der Waals surface area contributed by atoms with Crippen LogP contribution < -0.4 is 10.6 Å². The zero-order valence-electron chi connectivity index (χ0n) is 9.78. The molecule has 1 atom stereocenters. The zero-order chi connectivity index (χ0) is 13.2. The Morgan fingerprint density at radius 2 is 1.94 bits per heavy atom. The van der Waals surface area contributed by atoms with Crippen molar-refractivity contribution in [2.75, 3.05) is 31.1 Å². The number of alkyl halides is 3. The summed E-state index contributed by atoms with van der Waals surface area (Å²) in [5.74, 6) is 0. The molecule has 2 N–H and O–H groups in total. The number of halogens is 3. The third-order valence-electron chi connectivity index (χ3n) is 2.96. The van der Waals surface area contributed by atoms with Crippen molar-refractivity contribution in [1.82, 2.24) is 0 Å². The van der Waals surface area contributed by atoms with Crippen molar-refractivity contribution >= 4 is 5.69 Å². The number of nitrogens with zero attached hydrogens (tertiary/aromatic N) is 1. The van der Waals surface area contributed by atoms with Crippen molar-refractivity contribution in [2.45, 2.75) is 12.3 Å². The first-order valence-corrected chi connectivity index (χ1v) is 5.74. The van der Waals surface area contributed by atoms with E-state index in [4.69, 9.17) is 10.5 Å². The maximum absolute atomic E-state index is 12.4. The molecule has 1 fully saturated rings. The van der Waals surface area contributed by atoms with Crippen molar-refractivity contribution in [2.24, 2.45) is 5.73 Å². The second-order valence-electron chi connectivity index (χ2n) is 4.22. The van der Waals surface area contributed by atoms with Crippen LogP contribution in [-0.4, -0.2) is 32.3 Å². The first-order chi connectivity index (χ1) is 8.50. The van der Waals surface area contributed by atoms with E-state index >= 15 is 0 Å². The van der Waals surface area contributed by atoms with Gasteiger partial charge in [0.1, 0.15) is 0 Å². The first kappa shape index (κ1) is 13.2. The van der Waals surface area contributed by atoms with Crippen LogP contribution in [0.15, 0.2) is 24.3 Å². The van der Waals surface area contributed by atoms with Crippen LogP contribution in [0.2, 0.25) is 0 Å². The van der Waals surface area contributed by atoms with Crippen molar-refractivity contribution in [3.63, 3.8) is 0 Å². The number of hydrogen-bond acceptors (Lipinski definition) is 3. The minimum Gasteiger partial charge on any atom is -0.373 e. The number of ether oxygens (including phenoxy) is 1. The second-order valence-corrected chi connectivity index (χ2v) is 4.22. The van der Waals surface area contributed by atoms with Gasteiger partial charge in [0, 0.05) is 25.3 Å². The predicted octanol–water partition coefficient (Wildman–Crippen LogP) is 1.87. The van der Waals surface area contributed by atoms with Crippen molar-refractivity contribution in [3.05, 3.63) is 29.8 Å². The van der Waals surface area contributed by atoms with Gasteiger partial charge in [-0.15, -0.1) is 0 Å². The van der Waals surface area contributed by atoms with Crippen LogP contribution in [0.1, 0.15) is 5.56 Å². The summed E-state index contributed by atoms with van der Waals surface area (Å²) in [4.78, 5) is 1.99. The third kappa shape index (κ3) is 2.94. The van der Waals surface area contributed by atoms with Gasteiger partial charge in [-0.3, -0.25) is 0 Å². The summed E-state index contributed by atoms with van der Waals surface area (Å²) in [6.07, 6.45) is -4.34. The molecule has 0 bridgehead atoms. The van der Waals surface area contributed by atoms with Gasteiger partial charge in [0.15, 0.2) is 0 Å². The van der Waals surface area contributed by atoms with Gasteiger partial charge in [0.25, 0.3) is 0 Å². The van der Waals surface area contributed by atoms with Crippen molar-refractivity contribution in [1.29, 1.82) is 0 Å². The molecule has 3 nitrogen and oxygen atoms in total. The Morgan fingerprint density at radius 1 is 1.28 bits per heavy atom. The van der Waals surface area contributed by atoms with Gasteiger partial charge in [-0.2, -0.15) is 13.2 Å². The summed E-state index contributed by atoms with van der Waals surface area (Å²) in [5.41, 5.74) is 5.66. The SMILES string of the molecule is NC[C@H]1CN(c2ccc(C(F)(F)F)cc2)CCO1. The Bertz CT molecular complexity index is 391. The number of morpholine rings is 1. The van der Waals surface area contributed by atoms with Gasteiger partial charge in [-0.05, 0) is 24.3 Å². The summed E-state index contributed by atoms with van der Waals surface area (Å²) in [6.45, 7) is 2.24. The molecule has 1 aliphatic heterocycles. The topological polar surface area (TPSA) is 38.5 Å². The van der Waals surface area contributed by atoms with E-state index in [1.54, 1.807) is 0 Å². The molecule has 1 aromatic carbocycles. The highest BCUT2D eigenvalue weighted by atomic mass is 19.4. The fourth-order valence-electron chi connectivity index (χ4n) is 1.96. The first-order valence-electron chi connectivity index (χ1n) is 5.74. The highest BCUT2D eigenvalue weighted by molar-refractivity contribution is 5.48. The van der Waals surface area contributed by atoms with Crippen LogP contribution in [-0.2, 0) is 10.9 Å². The van der Waals surface area contributed by atoms with Crippen LogP contribution in [0, 0.1) is 0 Å². The van der Waals surface area contributed by atoms with E-state index in [0.29, 0.717) is 26.2 Å². The smallest absolute Gasteiger partial charge is 0.373 e. The summed E-state index contributed by atoms with van der Waals surface area (Å²) < 4.78 is 42.7. The number of hydrogen-bond donors (Lipinski definition) is 1. The lowest BCUT2D eigenvalue weighted by atomic mass is 10.1. The lowest BCUT2D eigenvalue weighted by Gasteiger charge is -2.34. The molecule has 0 saturated carbocycles. The van der Waals surface area contributed by atoms with Gasteiger partial charge in [-0.25, -0.2) is 0 Å². The number of anilines is 1. The van der Waals surface area contributed by atoms with Crippen LogP contribution >= 0.6 is 0 Å². The van der Waals surface area contributed by atoms with E-state index in [2.05, 4.69) is 0 Å². The fraction of sp³-hybridized carbons (Fsp3) is 0.500. The maximum atomic E-state index is 12.4. The van der Waals surface area contributed by atoms with Crippen LogP contribution in [0.25, 0.3) is 0 Å². The lowest BCUT2D eigenvalue weighted by molar-refractivity contribution is -0.137. The fourth-order valence-corrected chi connectivity index (χ4v) is 1.96. The van der Waals surface area contributed by atoms with E-state index in [-0.39, 0.29) is 6.10 Å². The summed E-state index contributed by atoms with van der Waals surface area (Å²) in [7, 11) is 0. The van der Waals surface area contributed by atoms with Gasteiger partial charge in [0.05, 0.1) is 18.3 Å². The van der Waals surface area contributed by atoms with E-state index in [1.165, 1.54) is 12.1 Å². The number of rotatable bonds is 2. The van der Waals surface area contributed by atoms with E-state index in [9.17, 15) is 13.2 Å². The molecule has 0 radical (unpaired) electrons. The zero-order valence-corrected chi connectivity index (χ0v) is 9.78.